The number of nitrogen functional groups attached to an aromatic ring is 1. The van der Waals surface area contributed by atoms with Crippen molar-refractivity contribution < 1.29 is 4.74 Å². The molecule has 4 nitrogen and oxygen atoms in total. The van der Waals surface area contributed by atoms with Crippen LogP contribution in [0.4, 0.5) is 5.82 Å². The van der Waals surface area contributed by atoms with Crippen LogP contribution in [0.25, 0.3) is 0 Å². The van der Waals surface area contributed by atoms with Crippen molar-refractivity contribution in [3.8, 4) is 11.6 Å². The van der Waals surface area contributed by atoms with Crippen LogP contribution in [-0.2, 0) is 5.41 Å². The molecule has 0 aliphatic rings. The zero-order chi connectivity index (χ0) is 14.0. The molecule has 0 aliphatic heterocycles. The Morgan fingerprint density at radius 3 is 2.53 bits per heavy atom. The molecular weight excluding hydrogens is 262 g/mol. The number of rotatable bonds is 2. The van der Waals surface area contributed by atoms with Gasteiger partial charge in [0, 0.05) is 16.5 Å². The third kappa shape index (κ3) is 3.58. The topological polar surface area (TPSA) is 61.0 Å². The van der Waals surface area contributed by atoms with Crippen LogP contribution in [0.3, 0.4) is 0 Å². The van der Waals surface area contributed by atoms with Gasteiger partial charge in [0.25, 0.3) is 0 Å². The van der Waals surface area contributed by atoms with Crippen molar-refractivity contribution in [3.05, 3.63) is 41.2 Å². The Hall–Kier alpha value is -1.81. The van der Waals surface area contributed by atoms with Crippen molar-refractivity contribution in [2.75, 3.05) is 5.73 Å². The van der Waals surface area contributed by atoms with E-state index in [9.17, 15) is 0 Å². The second kappa shape index (κ2) is 5.05. The van der Waals surface area contributed by atoms with E-state index in [4.69, 9.17) is 22.1 Å². The highest BCUT2D eigenvalue weighted by Gasteiger charge is 2.19. The van der Waals surface area contributed by atoms with Gasteiger partial charge in [-0.05, 0) is 18.2 Å². The lowest BCUT2D eigenvalue weighted by Crippen LogP contribution is -2.17. The van der Waals surface area contributed by atoms with E-state index in [1.807, 2.05) is 26.8 Å². The summed E-state index contributed by atoms with van der Waals surface area (Å²) >= 11 is 5.91. The Morgan fingerprint density at radius 2 is 1.89 bits per heavy atom. The standard InChI is InChI=1S/C14H16ClN3O/c1-14(2,3)13-17-11(16)8-12(18-13)19-10-6-4-5-9(15)7-10/h4-8H,1-3H3,(H2,16,17,18). The molecule has 0 saturated carbocycles. The van der Waals surface area contributed by atoms with Gasteiger partial charge >= 0.3 is 0 Å². The number of aromatic nitrogens is 2. The van der Waals surface area contributed by atoms with Crippen LogP contribution in [-0.4, -0.2) is 9.97 Å². The average molecular weight is 278 g/mol. The highest BCUT2D eigenvalue weighted by Crippen LogP contribution is 2.26. The number of anilines is 1. The Bertz CT molecular complexity index is 593. The average Bonchev–Trinajstić information content (AvgIpc) is 2.26. The highest BCUT2D eigenvalue weighted by atomic mass is 35.5. The van der Waals surface area contributed by atoms with Crippen LogP contribution >= 0.6 is 11.6 Å². The zero-order valence-corrected chi connectivity index (χ0v) is 11.9. The third-order valence-corrected chi connectivity index (χ3v) is 2.65. The number of hydrogen-bond donors (Lipinski definition) is 1. The van der Waals surface area contributed by atoms with Gasteiger partial charge in [-0.3, -0.25) is 0 Å². The fourth-order valence-corrected chi connectivity index (χ4v) is 1.66. The quantitative estimate of drug-likeness (QED) is 0.907. The molecule has 2 aromatic rings. The van der Waals surface area contributed by atoms with Gasteiger partial charge in [-0.25, -0.2) is 4.98 Å². The summed E-state index contributed by atoms with van der Waals surface area (Å²) in [6.45, 7) is 6.06. The molecule has 19 heavy (non-hydrogen) atoms. The normalized spacial score (nSPS) is 11.4. The van der Waals surface area contributed by atoms with Crippen LogP contribution in [0.15, 0.2) is 30.3 Å². The van der Waals surface area contributed by atoms with Gasteiger partial charge in [0.2, 0.25) is 5.88 Å². The molecule has 0 unspecified atom stereocenters. The van der Waals surface area contributed by atoms with Crippen LogP contribution < -0.4 is 10.5 Å². The fourth-order valence-electron chi connectivity index (χ4n) is 1.48. The number of nitrogens with two attached hydrogens (primary N) is 1. The lowest BCUT2D eigenvalue weighted by atomic mass is 9.96. The molecule has 0 spiro atoms. The first-order valence-corrected chi connectivity index (χ1v) is 6.31. The Morgan fingerprint density at radius 1 is 1.16 bits per heavy atom. The minimum absolute atomic E-state index is 0.193. The summed E-state index contributed by atoms with van der Waals surface area (Å²) in [7, 11) is 0. The summed E-state index contributed by atoms with van der Waals surface area (Å²) in [5, 5.41) is 0.607. The molecule has 2 N–H and O–H groups in total. The van der Waals surface area contributed by atoms with E-state index in [0.29, 0.717) is 28.3 Å². The van der Waals surface area contributed by atoms with E-state index in [2.05, 4.69) is 9.97 Å². The molecule has 1 heterocycles. The highest BCUT2D eigenvalue weighted by molar-refractivity contribution is 6.30. The second-order valence-electron chi connectivity index (χ2n) is 5.26. The number of benzene rings is 1. The second-order valence-corrected chi connectivity index (χ2v) is 5.70. The number of halogens is 1. The molecule has 0 bridgehead atoms. The van der Waals surface area contributed by atoms with Gasteiger partial charge < -0.3 is 10.5 Å². The molecule has 2 rings (SSSR count). The lowest BCUT2D eigenvalue weighted by molar-refractivity contribution is 0.446. The molecule has 5 heteroatoms. The molecule has 1 aromatic carbocycles. The first kappa shape index (κ1) is 13.6. The Balaban J connectivity index is 2.33. The van der Waals surface area contributed by atoms with Gasteiger partial charge in [-0.15, -0.1) is 0 Å². The van der Waals surface area contributed by atoms with Crippen LogP contribution in [0.1, 0.15) is 26.6 Å². The molecule has 0 aliphatic carbocycles. The first-order valence-electron chi connectivity index (χ1n) is 5.93. The largest absolute Gasteiger partial charge is 0.439 e. The minimum atomic E-state index is -0.193. The number of hydrogen-bond acceptors (Lipinski definition) is 4. The van der Waals surface area contributed by atoms with Crippen molar-refractivity contribution in [2.24, 2.45) is 0 Å². The lowest BCUT2D eigenvalue weighted by Gasteiger charge is -2.17. The summed E-state index contributed by atoms with van der Waals surface area (Å²) in [6, 6.07) is 8.71. The maximum absolute atomic E-state index is 5.91. The van der Waals surface area contributed by atoms with Crippen molar-refractivity contribution in [1.29, 1.82) is 0 Å². The smallest absolute Gasteiger partial charge is 0.224 e. The Kier molecular flexibility index (Phi) is 3.62. The number of nitrogens with zero attached hydrogens (tertiary/aromatic N) is 2. The summed E-state index contributed by atoms with van der Waals surface area (Å²) in [5.74, 6) is 2.06. The van der Waals surface area contributed by atoms with Gasteiger partial charge in [0.05, 0.1) is 0 Å². The summed E-state index contributed by atoms with van der Waals surface area (Å²) in [6.07, 6.45) is 0. The predicted molar refractivity (Wildman–Crippen MR) is 76.7 cm³/mol. The van der Waals surface area contributed by atoms with Crippen molar-refractivity contribution in [1.82, 2.24) is 9.97 Å². The van der Waals surface area contributed by atoms with Crippen molar-refractivity contribution in [2.45, 2.75) is 26.2 Å². The third-order valence-electron chi connectivity index (χ3n) is 2.41. The van der Waals surface area contributed by atoms with E-state index in [1.165, 1.54) is 0 Å². The molecule has 0 amide bonds. The van der Waals surface area contributed by atoms with Crippen LogP contribution in [0, 0.1) is 0 Å². The SMILES string of the molecule is CC(C)(C)c1nc(N)cc(Oc2cccc(Cl)c2)n1. The van der Waals surface area contributed by atoms with E-state index < -0.39 is 0 Å². The molecular formula is C14H16ClN3O. The molecule has 0 fully saturated rings. The van der Waals surface area contributed by atoms with Crippen LogP contribution in [0.2, 0.25) is 5.02 Å². The molecule has 0 atom stereocenters. The molecule has 0 radical (unpaired) electrons. The van der Waals surface area contributed by atoms with E-state index in [-0.39, 0.29) is 5.41 Å². The van der Waals surface area contributed by atoms with Crippen LogP contribution in [0.5, 0.6) is 11.6 Å². The fraction of sp³-hybridized carbons (Fsp3) is 0.286. The first-order chi connectivity index (χ1) is 8.84. The zero-order valence-electron chi connectivity index (χ0n) is 11.1. The van der Waals surface area contributed by atoms with Gasteiger partial charge in [-0.2, -0.15) is 4.98 Å². The van der Waals surface area contributed by atoms with Gasteiger partial charge in [-0.1, -0.05) is 38.4 Å². The monoisotopic (exact) mass is 277 g/mol. The van der Waals surface area contributed by atoms with Gasteiger partial charge in [0.15, 0.2) is 0 Å². The maximum Gasteiger partial charge on any atom is 0.224 e. The molecule has 1 aromatic heterocycles. The summed E-state index contributed by atoms with van der Waals surface area (Å²) in [5.41, 5.74) is 5.59. The summed E-state index contributed by atoms with van der Waals surface area (Å²) < 4.78 is 5.66. The van der Waals surface area contributed by atoms with Crippen molar-refractivity contribution in [3.63, 3.8) is 0 Å². The number of ether oxygens (including phenoxy) is 1. The minimum Gasteiger partial charge on any atom is -0.439 e. The molecule has 0 saturated heterocycles. The molecule has 100 valence electrons. The van der Waals surface area contributed by atoms with E-state index in [1.54, 1.807) is 24.3 Å². The Labute approximate surface area is 117 Å². The van der Waals surface area contributed by atoms with Crippen molar-refractivity contribution >= 4 is 17.4 Å². The van der Waals surface area contributed by atoms with E-state index >= 15 is 0 Å². The van der Waals surface area contributed by atoms with E-state index in [0.717, 1.165) is 0 Å². The maximum atomic E-state index is 5.91. The van der Waals surface area contributed by atoms with Gasteiger partial charge in [0.1, 0.15) is 17.4 Å². The predicted octanol–water partition coefficient (Wildman–Crippen LogP) is 3.80. The summed E-state index contributed by atoms with van der Waals surface area (Å²) in [4.78, 5) is 8.60.